The number of nitriles is 1. The maximum Gasteiger partial charge on any atom is 0.167 e. The smallest absolute Gasteiger partial charge is 0.167 e. The Labute approximate surface area is 52.8 Å². The molecule has 1 radical (unpaired) electrons. The molecule has 3 heteroatoms. The molecule has 0 aromatic carbocycles. The van der Waals surface area contributed by atoms with Crippen LogP contribution in [0.2, 0.25) is 0 Å². The van der Waals surface area contributed by atoms with Crippen LogP contribution in [0.4, 0.5) is 0 Å². The standard InChI is InChI=1S/C5H5N2S/c1-7-2-3-8-5(7)4-6/h3,5H,1H3. The van der Waals surface area contributed by atoms with Gasteiger partial charge < -0.3 is 4.90 Å². The van der Waals surface area contributed by atoms with Gasteiger partial charge in [0, 0.05) is 7.05 Å². The summed E-state index contributed by atoms with van der Waals surface area (Å²) < 4.78 is 0. The molecular weight excluding hydrogens is 120 g/mol. The molecule has 0 aromatic heterocycles. The van der Waals surface area contributed by atoms with Crippen LogP contribution < -0.4 is 0 Å². The highest BCUT2D eigenvalue weighted by molar-refractivity contribution is 8.03. The molecule has 2 nitrogen and oxygen atoms in total. The van der Waals surface area contributed by atoms with Gasteiger partial charge in [0.15, 0.2) is 5.37 Å². The highest BCUT2D eigenvalue weighted by atomic mass is 32.2. The second-order valence-electron chi connectivity index (χ2n) is 1.48. The van der Waals surface area contributed by atoms with Crippen LogP contribution in [0.15, 0.2) is 5.41 Å². The summed E-state index contributed by atoms with van der Waals surface area (Å²) in [7, 11) is 1.84. The van der Waals surface area contributed by atoms with E-state index in [9.17, 15) is 0 Å². The summed E-state index contributed by atoms with van der Waals surface area (Å²) in [6.45, 7) is 0. The minimum absolute atomic E-state index is 0.0463. The molecule has 0 aliphatic carbocycles. The Kier molecular flexibility index (Phi) is 1.45. The van der Waals surface area contributed by atoms with Gasteiger partial charge in [0.2, 0.25) is 0 Å². The van der Waals surface area contributed by atoms with Gasteiger partial charge in [-0.2, -0.15) is 5.26 Å². The fourth-order valence-electron chi connectivity index (χ4n) is 0.454. The average molecular weight is 125 g/mol. The predicted molar refractivity (Wildman–Crippen MR) is 32.6 cm³/mol. The van der Waals surface area contributed by atoms with Gasteiger partial charge in [0.25, 0.3) is 0 Å². The number of nitrogens with zero attached hydrogens (tertiary/aromatic N) is 2. The Bertz CT molecular complexity index is 147. The van der Waals surface area contributed by atoms with Gasteiger partial charge in [0.05, 0.1) is 12.3 Å². The number of thioether (sulfide) groups is 1. The van der Waals surface area contributed by atoms with Crippen molar-refractivity contribution in [3.63, 3.8) is 0 Å². The normalized spacial score (nSPS) is 26.0. The van der Waals surface area contributed by atoms with E-state index in [2.05, 4.69) is 12.3 Å². The minimum Gasteiger partial charge on any atom is -0.348 e. The van der Waals surface area contributed by atoms with E-state index in [1.54, 1.807) is 10.3 Å². The van der Waals surface area contributed by atoms with Crippen LogP contribution >= 0.6 is 11.8 Å². The van der Waals surface area contributed by atoms with Crippen molar-refractivity contribution < 1.29 is 0 Å². The molecule has 1 aliphatic rings. The number of rotatable bonds is 0. The minimum atomic E-state index is -0.0463. The topological polar surface area (TPSA) is 27.0 Å². The van der Waals surface area contributed by atoms with Crippen molar-refractivity contribution in [1.29, 1.82) is 5.26 Å². The van der Waals surface area contributed by atoms with Crippen LogP contribution in [0.5, 0.6) is 0 Å². The predicted octanol–water partition coefficient (Wildman–Crippen LogP) is 0.789. The largest absolute Gasteiger partial charge is 0.348 e. The van der Waals surface area contributed by atoms with Crippen LogP contribution in [0.25, 0.3) is 0 Å². The molecule has 1 heterocycles. The van der Waals surface area contributed by atoms with Gasteiger partial charge in [-0.3, -0.25) is 0 Å². The Balaban J connectivity index is 2.54. The Morgan fingerprint density at radius 2 is 2.75 bits per heavy atom. The molecule has 0 bridgehead atoms. The van der Waals surface area contributed by atoms with Crippen LogP contribution in [-0.2, 0) is 0 Å². The van der Waals surface area contributed by atoms with Crippen LogP contribution in [-0.4, -0.2) is 17.3 Å². The summed E-state index contributed by atoms with van der Waals surface area (Å²) in [5.74, 6) is 0. The van der Waals surface area contributed by atoms with E-state index in [1.807, 2.05) is 7.05 Å². The van der Waals surface area contributed by atoms with Gasteiger partial charge in [-0.05, 0) is 5.41 Å². The SMILES string of the molecule is CN1[C]=CSC1C#N. The van der Waals surface area contributed by atoms with Crippen molar-refractivity contribution in [1.82, 2.24) is 4.90 Å². The first-order valence-electron chi connectivity index (χ1n) is 2.20. The number of hydrogen-bond acceptors (Lipinski definition) is 3. The second kappa shape index (κ2) is 2.10. The summed E-state index contributed by atoms with van der Waals surface area (Å²) in [5, 5.41) is 10.1. The van der Waals surface area contributed by atoms with E-state index >= 15 is 0 Å². The molecule has 0 saturated heterocycles. The number of hydrogen-bond donors (Lipinski definition) is 0. The molecule has 0 aromatic rings. The van der Waals surface area contributed by atoms with Crippen molar-refractivity contribution in [2.45, 2.75) is 5.37 Å². The lowest BCUT2D eigenvalue weighted by Gasteiger charge is -2.09. The van der Waals surface area contributed by atoms with Crippen molar-refractivity contribution in [3.8, 4) is 6.07 Å². The molecule has 1 atom stereocenters. The summed E-state index contributed by atoms with van der Waals surface area (Å²) in [6, 6.07) is 2.11. The zero-order valence-electron chi connectivity index (χ0n) is 4.46. The van der Waals surface area contributed by atoms with E-state index in [0.29, 0.717) is 0 Å². The zero-order valence-corrected chi connectivity index (χ0v) is 5.27. The fourth-order valence-corrected chi connectivity index (χ4v) is 1.11. The average Bonchev–Trinajstić information content (AvgIpc) is 2.14. The fraction of sp³-hybridized carbons (Fsp3) is 0.400. The van der Waals surface area contributed by atoms with Crippen molar-refractivity contribution in [3.05, 3.63) is 11.6 Å². The summed E-state index contributed by atoms with van der Waals surface area (Å²) in [4.78, 5) is 1.75. The molecule has 8 heavy (non-hydrogen) atoms. The third kappa shape index (κ3) is 0.797. The lowest BCUT2D eigenvalue weighted by atomic mass is 10.6. The first kappa shape index (κ1) is 5.52. The van der Waals surface area contributed by atoms with Crippen molar-refractivity contribution >= 4 is 11.8 Å². The zero-order chi connectivity index (χ0) is 5.98. The molecule has 1 aliphatic heterocycles. The van der Waals surface area contributed by atoms with Crippen LogP contribution in [0.1, 0.15) is 0 Å². The maximum atomic E-state index is 8.36. The van der Waals surface area contributed by atoms with Gasteiger partial charge in [-0.25, -0.2) is 0 Å². The monoisotopic (exact) mass is 125 g/mol. The Morgan fingerprint density at radius 1 is 2.00 bits per heavy atom. The quantitative estimate of drug-likeness (QED) is 0.479. The lowest BCUT2D eigenvalue weighted by Crippen LogP contribution is -2.17. The highest BCUT2D eigenvalue weighted by Gasteiger charge is 2.14. The first-order chi connectivity index (χ1) is 3.84. The summed E-state index contributed by atoms with van der Waals surface area (Å²) in [5.41, 5.74) is 0. The van der Waals surface area contributed by atoms with Crippen LogP contribution in [0.3, 0.4) is 0 Å². The third-order valence-corrected chi connectivity index (χ3v) is 1.84. The molecule has 1 unspecified atom stereocenters. The van der Waals surface area contributed by atoms with Crippen LogP contribution in [0, 0.1) is 17.5 Å². The molecule has 41 valence electrons. The van der Waals surface area contributed by atoms with Gasteiger partial charge in [0.1, 0.15) is 0 Å². The molecule has 0 spiro atoms. The van der Waals surface area contributed by atoms with Gasteiger partial charge >= 0.3 is 0 Å². The molecule has 0 N–H and O–H groups in total. The highest BCUT2D eigenvalue weighted by Crippen LogP contribution is 2.20. The van der Waals surface area contributed by atoms with E-state index in [-0.39, 0.29) is 5.37 Å². The molecule has 0 fully saturated rings. The van der Waals surface area contributed by atoms with E-state index < -0.39 is 0 Å². The summed E-state index contributed by atoms with van der Waals surface area (Å²) in [6.07, 6.45) is 2.87. The molecule has 1 rings (SSSR count). The molecule has 0 amide bonds. The molecular formula is C5H5N2S. The van der Waals surface area contributed by atoms with Crippen molar-refractivity contribution in [2.24, 2.45) is 0 Å². The van der Waals surface area contributed by atoms with E-state index in [4.69, 9.17) is 5.26 Å². The van der Waals surface area contributed by atoms with Gasteiger partial charge in [-0.15, -0.1) is 0 Å². The first-order valence-corrected chi connectivity index (χ1v) is 3.14. The third-order valence-electron chi connectivity index (χ3n) is 0.915. The second-order valence-corrected chi connectivity index (χ2v) is 2.43. The van der Waals surface area contributed by atoms with Crippen molar-refractivity contribution in [2.75, 3.05) is 7.05 Å². The lowest BCUT2D eigenvalue weighted by molar-refractivity contribution is 0.473. The molecule has 0 saturated carbocycles. The Morgan fingerprint density at radius 3 is 3.00 bits per heavy atom. The maximum absolute atomic E-state index is 8.36. The van der Waals surface area contributed by atoms with Gasteiger partial charge in [-0.1, -0.05) is 11.8 Å². The van der Waals surface area contributed by atoms with E-state index in [1.165, 1.54) is 11.8 Å². The Hall–Kier alpha value is -0.620. The van der Waals surface area contributed by atoms with E-state index in [0.717, 1.165) is 0 Å². The summed E-state index contributed by atoms with van der Waals surface area (Å²) >= 11 is 1.48.